The maximum absolute atomic E-state index is 9.99. The number of benzene rings is 3. The second-order valence-electron chi connectivity index (χ2n) is 4.60. The Morgan fingerprint density at radius 3 is 2.58 bits per heavy atom. The number of phenolic OH excluding ortho intramolecular Hbond substituents is 2. The molecule has 0 saturated carbocycles. The first-order chi connectivity index (χ1) is 9.24. The fourth-order valence-corrected chi connectivity index (χ4v) is 2.60. The molecule has 0 fully saturated rings. The second-order valence-corrected chi connectivity index (χ2v) is 4.60. The van der Waals surface area contributed by atoms with Crippen molar-refractivity contribution in [1.29, 1.82) is 0 Å². The lowest BCUT2D eigenvalue weighted by molar-refractivity contribution is 0.454. The Morgan fingerprint density at radius 1 is 0.842 bits per heavy atom. The van der Waals surface area contributed by atoms with Crippen LogP contribution in [0, 0.1) is 0 Å². The Bertz CT molecular complexity index is 935. The summed E-state index contributed by atoms with van der Waals surface area (Å²) in [5, 5.41) is 23.1. The highest BCUT2D eigenvalue weighted by Gasteiger charge is 2.14. The quantitative estimate of drug-likeness (QED) is 0.493. The van der Waals surface area contributed by atoms with Crippen molar-refractivity contribution in [2.75, 3.05) is 0 Å². The van der Waals surface area contributed by atoms with Crippen LogP contribution in [0.3, 0.4) is 0 Å². The molecular weight excluding hydrogens is 240 g/mol. The number of furan rings is 1. The summed E-state index contributed by atoms with van der Waals surface area (Å²) in [7, 11) is 0. The number of fused-ring (bicyclic) bond motifs is 5. The van der Waals surface area contributed by atoms with E-state index < -0.39 is 0 Å². The van der Waals surface area contributed by atoms with Crippen molar-refractivity contribution < 1.29 is 14.6 Å². The van der Waals surface area contributed by atoms with Crippen LogP contribution in [-0.2, 0) is 0 Å². The summed E-state index contributed by atoms with van der Waals surface area (Å²) < 4.78 is 5.81. The molecule has 92 valence electrons. The van der Waals surface area contributed by atoms with Crippen LogP contribution in [-0.4, -0.2) is 10.2 Å². The van der Waals surface area contributed by atoms with Crippen molar-refractivity contribution in [2.24, 2.45) is 0 Å². The smallest absolute Gasteiger partial charge is 0.143 e. The fourth-order valence-electron chi connectivity index (χ4n) is 2.60. The maximum atomic E-state index is 9.99. The van der Waals surface area contributed by atoms with Gasteiger partial charge in [0.15, 0.2) is 0 Å². The van der Waals surface area contributed by atoms with Gasteiger partial charge in [0.25, 0.3) is 0 Å². The molecule has 4 aromatic rings. The molecule has 0 unspecified atom stereocenters. The van der Waals surface area contributed by atoms with E-state index in [0.29, 0.717) is 11.0 Å². The van der Waals surface area contributed by atoms with E-state index in [0.717, 1.165) is 21.7 Å². The highest BCUT2D eigenvalue weighted by Crippen LogP contribution is 2.40. The molecule has 0 atom stereocenters. The third kappa shape index (κ3) is 1.32. The Labute approximate surface area is 108 Å². The monoisotopic (exact) mass is 250 g/mol. The molecule has 3 aromatic carbocycles. The molecule has 0 aliphatic heterocycles. The Hall–Kier alpha value is -2.68. The Balaban J connectivity index is 2.31. The molecule has 0 saturated heterocycles. The fraction of sp³-hybridized carbons (Fsp3) is 0. The van der Waals surface area contributed by atoms with Crippen LogP contribution < -0.4 is 0 Å². The van der Waals surface area contributed by atoms with Crippen LogP contribution in [0.15, 0.2) is 52.9 Å². The van der Waals surface area contributed by atoms with E-state index in [1.54, 1.807) is 0 Å². The number of rotatable bonds is 0. The van der Waals surface area contributed by atoms with Crippen molar-refractivity contribution in [3.8, 4) is 11.5 Å². The van der Waals surface area contributed by atoms with Crippen LogP contribution in [0.5, 0.6) is 11.5 Å². The minimum Gasteiger partial charge on any atom is -0.508 e. The lowest BCUT2D eigenvalue weighted by atomic mass is 10.1. The SMILES string of the molecule is Oc1cc(O)c2c(c1)oc1c3ccccc3ccc12. The van der Waals surface area contributed by atoms with Gasteiger partial charge in [-0.05, 0) is 11.5 Å². The molecule has 0 aliphatic rings. The van der Waals surface area contributed by atoms with E-state index in [1.807, 2.05) is 36.4 Å². The van der Waals surface area contributed by atoms with Crippen molar-refractivity contribution in [2.45, 2.75) is 0 Å². The molecule has 2 N–H and O–H groups in total. The van der Waals surface area contributed by atoms with Gasteiger partial charge in [0.2, 0.25) is 0 Å². The van der Waals surface area contributed by atoms with Gasteiger partial charge in [-0.3, -0.25) is 0 Å². The molecule has 3 nitrogen and oxygen atoms in total. The average molecular weight is 250 g/mol. The number of phenols is 2. The zero-order chi connectivity index (χ0) is 13.0. The van der Waals surface area contributed by atoms with Gasteiger partial charge in [0, 0.05) is 22.9 Å². The first-order valence-corrected chi connectivity index (χ1v) is 6.00. The summed E-state index contributed by atoms with van der Waals surface area (Å²) in [6.45, 7) is 0. The molecule has 3 heteroatoms. The summed E-state index contributed by atoms with van der Waals surface area (Å²) in [5.41, 5.74) is 1.22. The third-order valence-electron chi connectivity index (χ3n) is 3.43. The molecule has 0 aliphatic carbocycles. The first kappa shape index (κ1) is 10.3. The van der Waals surface area contributed by atoms with Crippen molar-refractivity contribution in [3.05, 3.63) is 48.5 Å². The van der Waals surface area contributed by atoms with Crippen LogP contribution in [0.2, 0.25) is 0 Å². The molecule has 1 aromatic heterocycles. The molecule has 19 heavy (non-hydrogen) atoms. The topological polar surface area (TPSA) is 53.6 Å². The van der Waals surface area contributed by atoms with Crippen LogP contribution in [0.1, 0.15) is 0 Å². The summed E-state index contributed by atoms with van der Waals surface area (Å²) in [4.78, 5) is 0. The van der Waals surface area contributed by atoms with Gasteiger partial charge >= 0.3 is 0 Å². The predicted molar refractivity (Wildman–Crippen MR) is 74.6 cm³/mol. The first-order valence-electron chi connectivity index (χ1n) is 6.00. The van der Waals surface area contributed by atoms with Crippen LogP contribution in [0.25, 0.3) is 32.7 Å². The van der Waals surface area contributed by atoms with Gasteiger partial charge in [-0.1, -0.05) is 30.3 Å². The standard InChI is InChI=1S/C16H10O3/c17-10-7-13(18)15-12-6-5-9-3-1-2-4-11(9)16(12)19-14(15)8-10/h1-8,17-18H. The zero-order valence-corrected chi connectivity index (χ0v) is 9.92. The van der Waals surface area contributed by atoms with Crippen LogP contribution in [0.4, 0.5) is 0 Å². The summed E-state index contributed by atoms with van der Waals surface area (Å²) >= 11 is 0. The van der Waals surface area contributed by atoms with Crippen molar-refractivity contribution in [1.82, 2.24) is 0 Å². The highest BCUT2D eigenvalue weighted by molar-refractivity contribution is 6.16. The Morgan fingerprint density at radius 2 is 1.68 bits per heavy atom. The van der Waals surface area contributed by atoms with Crippen LogP contribution >= 0.6 is 0 Å². The summed E-state index contributed by atoms with van der Waals surface area (Å²) in [5.74, 6) is 0.0254. The third-order valence-corrected chi connectivity index (χ3v) is 3.43. The Kier molecular flexibility index (Phi) is 1.85. The van der Waals surface area contributed by atoms with Crippen molar-refractivity contribution in [3.63, 3.8) is 0 Å². The summed E-state index contributed by atoms with van der Waals surface area (Å²) in [6.07, 6.45) is 0. The van der Waals surface area contributed by atoms with Gasteiger partial charge in [-0.2, -0.15) is 0 Å². The molecule has 0 spiro atoms. The number of hydrogen-bond donors (Lipinski definition) is 2. The van der Waals surface area contributed by atoms with E-state index >= 15 is 0 Å². The number of aromatic hydroxyl groups is 2. The zero-order valence-electron chi connectivity index (χ0n) is 9.92. The van der Waals surface area contributed by atoms with Gasteiger partial charge in [-0.15, -0.1) is 0 Å². The largest absolute Gasteiger partial charge is 0.508 e. The predicted octanol–water partition coefficient (Wildman–Crippen LogP) is 4.15. The minimum absolute atomic E-state index is 0.00615. The van der Waals surface area contributed by atoms with Gasteiger partial charge in [0.05, 0.1) is 5.39 Å². The highest BCUT2D eigenvalue weighted by atomic mass is 16.3. The normalized spacial score (nSPS) is 11.6. The van der Waals surface area contributed by atoms with E-state index in [4.69, 9.17) is 4.42 Å². The number of hydrogen-bond acceptors (Lipinski definition) is 3. The maximum Gasteiger partial charge on any atom is 0.143 e. The molecule has 0 radical (unpaired) electrons. The molecule has 0 amide bonds. The van der Waals surface area contributed by atoms with E-state index in [2.05, 4.69) is 0 Å². The summed E-state index contributed by atoms with van der Waals surface area (Å²) in [6, 6.07) is 14.7. The van der Waals surface area contributed by atoms with E-state index in [-0.39, 0.29) is 11.5 Å². The van der Waals surface area contributed by atoms with Crippen molar-refractivity contribution >= 4 is 32.7 Å². The molecule has 0 bridgehead atoms. The van der Waals surface area contributed by atoms with E-state index in [1.165, 1.54) is 12.1 Å². The average Bonchev–Trinajstić information content (AvgIpc) is 2.77. The van der Waals surface area contributed by atoms with E-state index in [9.17, 15) is 10.2 Å². The lowest BCUT2D eigenvalue weighted by Gasteiger charge is -1.98. The van der Waals surface area contributed by atoms with Gasteiger partial charge in [0.1, 0.15) is 22.7 Å². The minimum atomic E-state index is -0.00615. The molecule has 1 heterocycles. The van der Waals surface area contributed by atoms with Gasteiger partial charge in [-0.25, -0.2) is 0 Å². The second kappa shape index (κ2) is 3.42. The lowest BCUT2D eigenvalue weighted by Crippen LogP contribution is -1.73. The van der Waals surface area contributed by atoms with Gasteiger partial charge < -0.3 is 14.6 Å². The molecular formula is C16H10O3. The molecule has 4 rings (SSSR count).